The van der Waals surface area contributed by atoms with E-state index in [1.807, 2.05) is 50.2 Å². The van der Waals surface area contributed by atoms with Crippen molar-refractivity contribution in [1.82, 2.24) is 19.8 Å². The lowest BCUT2D eigenvalue weighted by Gasteiger charge is -2.15. The predicted octanol–water partition coefficient (Wildman–Crippen LogP) is 3.83. The van der Waals surface area contributed by atoms with Gasteiger partial charge in [-0.2, -0.15) is 9.36 Å². The van der Waals surface area contributed by atoms with Crippen molar-refractivity contribution in [3.63, 3.8) is 0 Å². The zero-order valence-electron chi connectivity index (χ0n) is 16.7. The van der Waals surface area contributed by atoms with E-state index in [9.17, 15) is 4.79 Å². The molecule has 4 rings (SSSR count). The highest BCUT2D eigenvalue weighted by Gasteiger charge is 2.14. The zero-order chi connectivity index (χ0) is 20.4. The smallest absolute Gasteiger partial charge is 0.368 e. The second-order valence-electron chi connectivity index (χ2n) is 7.00. The maximum atomic E-state index is 12.3. The molecule has 0 spiro atoms. The summed E-state index contributed by atoms with van der Waals surface area (Å²) in [6.07, 6.45) is 0. The fourth-order valence-corrected chi connectivity index (χ4v) is 3.25. The minimum atomic E-state index is -0.292. The number of nitrogens with zero attached hydrogens (tertiary/aromatic N) is 4. The van der Waals surface area contributed by atoms with Crippen LogP contribution in [-0.4, -0.2) is 19.8 Å². The Bertz CT molecular complexity index is 1210. The molecule has 0 saturated carbocycles. The Kier molecular flexibility index (Phi) is 4.99. The number of hydrogen-bond donors (Lipinski definition) is 0. The van der Waals surface area contributed by atoms with Crippen LogP contribution in [0.5, 0.6) is 5.75 Å². The lowest BCUT2D eigenvalue weighted by molar-refractivity contribution is 0.303. The minimum absolute atomic E-state index is 0.292. The Balaban J connectivity index is 1.67. The molecule has 4 aromatic rings. The third-order valence-corrected chi connectivity index (χ3v) is 5.00. The number of rotatable bonds is 5. The van der Waals surface area contributed by atoms with Gasteiger partial charge in [-0.3, -0.25) is 0 Å². The van der Waals surface area contributed by atoms with Gasteiger partial charge < -0.3 is 4.74 Å². The molecule has 29 heavy (non-hydrogen) atoms. The van der Waals surface area contributed by atoms with Gasteiger partial charge in [0, 0.05) is 12.6 Å². The molecule has 0 aliphatic heterocycles. The summed E-state index contributed by atoms with van der Waals surface area (Å²) in [5.41, 5.74) is 5.61. The Morgan fingerprint density at radius 1 is 0.862 bits per heavy atom. The fourth-order valence-electron chi connectivity index (χ4n) is 3.25. The Labute approximate surface area is 169 Å². The van der Waals surface area contributed by atoms with Crippen LogP contribution >= 0.6 is 0 Å². The lowest BCUT2D eigenvalue weighted by atomic mass is 10.0. The van der Waals surface area contributed by atoms with Crippen molar-refractivity contribution in [2.75, 3.05) is 0 Å². The first-order valence-electron chi connectivity index (χ1n) is 9.41. The zero-order valence-corrected chi connectivity index (χ0v) is 16.7. The molecule has 0 aliphatic rings. The number of hydrogen-bond acceptors (Lipinski definition) is 4. The highest BCUT2D eigenvalue weighted by Crippen LogP contribution is 2.28. The molecule has 6 nitrogen and oxygen atoms in total. The molecule has 146 valence electrons. The normalized spacial score (nSPS) is 10.9. The van der Waals surface area contributed by atoms with Crippen LogP contribution in [0.4, 0.5) is 0 Å². The van der Waals surface area contributed by atoms with Crippen LogP contribution in [0.3, 0.4) is 0 Å². The molecule has 0 radical (unpaired) electrons. The molecular formula is C23H22N4O2. The second kappa shape index (κ2) is 7.75. The minimum Gasteiger partial charge on any atom is -0.489 e. The van der Waals surface area contributed by atoms with Gasteiger partial charge in [0.15, 0.2) is 0 Å². The molecule has 0 atom stereocenters. The van der Waals surface area contributed by atoms with Crippen molar-refractivity contribution in [2.45, 2.75) is 20.5 Å². The molecule has 0 unspecified atom stereocenters. The van der Waals surface area contributed by atoms with E-state index in [4.69, 9.17) is 4.74 Å². The second-order valence-corrected chi connectivity index (χ2v) is 7.00. The van der Waals surface area contributed by atoms with Crippen molar-refractivity contribution in [3.05, 3.63) is 93.9 Å². The van der Waals surface area contributed by atoms with E-state index >= 15 is 0 Å². The van der Waals surface area contributed by atoms with E-state index in [-0.39, 0.29) is 5.69 Å². The highest BCUT2D eigenvalue weighted by molar-refractivity contribution is 5.66. The number of aryl methyl sites for hydroxylation is 3. The van der Waals surface area contributed by atoms with E-state index in [0.717, 1.165) is 33.6 Å². The highest BCUT2D eigenvalue weighted by atomic mass is 16.5. The topological polar surface area (TPSA) is 61.9 Å². The standard InChI is InChI=1S/C23H22N4O2/c1-16-8-7-11-21(27-23(28)26(3)24-25-27)20(16)15-29-22-14-19(13-12-17(22)2)18-9-5-4-6-10-18/h4-14H,15H2,1-3H3. The van der Waals surface area contributed by atoms with Crippen LogP contribution in [0.25, 0.3) is 16.8 Å². The van der Waals surface area contributed by atoms with Crippen LogP contribution in [0, 0.1) is 13.8 Å². The average molecular weight is 386 g/mol. The van der Waals surface area contributed by atoms with E-state index in [1.54, 1.807) is 7.05 Å². The number of ether oxygens (including phenoxy) is 1. The van der Waals surface area contributed by atoms with Gasteiger partial charge in [0.05, 0.1) is 5.69 Å². The molecule has 0 saturated heterocycles. The molecule has 0 amide bonds. The summed E-state index contributed by atoms with van der Waals surface area (Å²) in [5, 5.41) is 7.79. The van der Waals surface area contributed by atoms with Crippen molar-refractivity contribution in [1.29, 1.82) is 0 Å². The Morgan fingerprint density at radius 2 is 1.66 bits per heavy atom. The van der Waals surface area contributed by atoms with Gasteiger partial charge in [-0.05, 0) is 58.7 Å². The first-order chi connectivity index (χ1) is 14.0. The molecule has 0 bridgehead atoms. The van der Waals surface area contributed by atoms with Crippen molar-refractivity contribution in [3.8, 4) is 22.6 Å². The van der Waals surface area contributed by atoms with Gasteiger partial charge in [-0.25, -0.2) is 4.79 Å². The quantitative estimate of drug-likeness (QED) is 0.523. The molecule has 3 aromatic carbocycles. The maximum absolute atomic E-state index is 12.3. The predicted molar refractivity (Wildman–Crippen MR) is 112 cm³/mol. The van der Waals surface area contributed by atoms with Crippen molar-refractivity contribution in [2.24, 2.45) is 7.05 Å². The number of benzene rings is 3. The largest absolute Gasteiger partial charge is 0.489 e. The summed E-state index contributed by atoms with van der Waals surface area (Å²) in [5.74, 6) is 0.812. The van der Waals surface area contributed by atoms with Gasteiger partial charge in [-0.1, -0.05) is 54.6 Å². The maximum Gasteiger partial charge on any atom is 0.368 e. The summed E-state index contributed by atoms with van der Waals surface area (Å²) < 4.78 is 8.72. The van der Waals surface area contributed by atoms with Crippen LogP contribution in [0.1, 0.15) is 16.7 Å². The molecule has 0 aliphatic carbocycles. The lowest BCUT2D eigenvalue weighted by Crippen LogP contribution is -2.23. The summed E-state index contributed by atoms with van der Waals surface area (Å²) in [7, 11) is 1.58. The van der Waals surface area contributed by atoms with E-state index in [2.05, 4.69) is 40.8 Å². The van der Waals surface area contributed by atoms with Crippen LogP contribution in [0.15, 0.2) is 71.5 Å². The number of aromatic nitrogens is 4. The molecule has 6 heteroatoms. The first-order valence-corrected chi connectivity index (χ1v) is 9.41. The number of tetrazole rings is 1. The van der Waals surface area contributed by atoms with Crippen molar-refractivity contribution < 1.29 is 4.74 Å². The van der Waals surface area contributed by atoms with E-state index in [1.165, 1.54) is 9.36 Å². The summed E-state index contributed by atoms with van der Waals surface area (Å²) in [6.45, 7) is 4.34. The van der Waals surface area contributed by atoms with Crippen LogP contribution in [-0.2, 0) is 13.7 Å². The van der Waals surface area contributed by atoms with Gasteiger partial charge in [0.2, 0.25) is 0 Å². The Morgan fingerprint density at radius 3 is 2.38 bits per heavy atom. The van der Waals surface area contributed by atoms with E-state index in [0.29, 0.717) is 12.3 Å². The molecular weight excluding hydrogens is 364 g/mol. The van der Waals surface area contributed by atoms with E-state index < -0.39 is 0 Å². The molecule has 1 heterocycles. The summed E-state index contributed by atoms with van der Waals surface area (Å²) in [4.78, 5) is 12.3. The van der Waals surface area contributed by atoms with Gasteiger partial charge >= 0.3 is 5.69 Å². The SMILES string of the molecule is Cc1ccc(-c2ccccc2)cc1OCc1c(C)cccc1-n1nnn(C)c1=O. The van der Waals surface area contributed by atoms with Gasteiger partial charge in [-0.15, -0.1) is 0 Å². The third kappa shape index (κ3) is 3.69. The molecule has 0 N–H and O–H groups in total. The van der Waals surface area contributed by atoms with Gasteiger partial charge in [0.25, 0.3) is 0 Å². The first kappa shape index (κ1) is 18.7. The summed E-state index contributed by atoms with van der Waals surface area (Å²) in [6, 6.07) is 22.2. The van der Waals surface area contributed by atoms with Gasteiger partial charge in [0.1, 0.15) is 12.4 Å². The average Bonchev–Trinajstić information content (AvgIpc) is 3.07. The fraction of sp³-hybridized carbons (Fsp3) is 0.174. The summed E-state index contributed by atoms with van der Waals surface area (Å²) >= 11 is 0. The third-order valence-electron chi connectivity index (χ3n) is 5.00. The van der Waals surface area contributed by atoms with Crippen molar-refractivity contribution >= 4 is 0 Å². The monoisotopic (exact) mass is 386 g/mol. The van der Waals surface area contributed by atoms with Crippen LogP contribution < -0.4 is 10.4 Å². The molecule has 1 aromatic heterocycles. The Hall–Kier alpha value is -3.67. The van der Waals surface area contributed by atoms with Crippen LogP contribution in [0.2, 0.25) is 0 Å². The molecule has 0 fully saturated rings.